The van der Waals surface area contributed by atoms with Crippen molar-refractivity contribution >= 4 is 0 Å². The normalized spacial score (nSPS) is 10.2. The van der Waals surface area contributed by atoms with Crippen LogP contribution in [-0.2, 0) is 4.74 Å². The van der Waals surface area contributed by atoms with Crippen LogP contribution in [0.4, 0.5) is 8.78 Å². The first-order valence-corrected chi connectivity index (χ1v) is 3.72. The Hall–Kier alpha value is -1.16. The molecule has 0 radical (unpaired) electrons. The number of ether oxygens (including phenoxy) is 2. The zero-order valence-corrected chi connectivity index (χ0v) is 7.43. The third-order valence-electron chi connectivity index (χ3n) is 1.55. The SMILES string of the molecule is COCOc1cc(F)c(F)cc1C. The Morgan fingerprint density at radius 3 is 2.46 bits per heavy atom. The number of aryl methyl sites for hydroxylation is 1. The van der Waals surface area contributed by atoms with Gasteiger partial charge in [0.05, 0.1) is 0 Å². The lowest BCUT2D eigenvalue weighted by atomic mass is 10.2. The number of rotatable bonds is 3. The maximum atomic E-state index is 12.7. The molecule has 0 N–H and O–H groups in total. The monoisotopic (exact) mass is 188 g/mol. The molecule has 2 nitrogen and oxygen atoms in total. The van der Waals surface area contributed by atoms with Crippen LogP contribution >= 0.6 is 0 Å². The smallest absolute Gasteiger partial charge is 0.188 e. The van der Waals surface area contributed by atoms with Crippen molar-refractivity contribution in [1.29, 1.82) is 0 Å². The summed E-state index contributed by atoms with van der Waals surface area (Å²) in [5.74, 6) is -1.50. The zero-order valence-electron chi connectivity index (χ0n) is 7.43. The molecule has 0 amide bonds. The van der Waals surface area contributed by atoms with Gasteiger partial charge in [-0.05, 0) is 18.6 Å². The molecule has 0 bridgehead atoms. The Bertz CT molecular complexity index is 300. The van der Waals surface area contributed by atoms with Crippen LogP contribution in [0.25, 0.3) is 0 Å². The Balaban J connectivity index is 2.88. The topological polar surface area (TPSA) is 18.5 Å². The molecular formula is C9H10F2O2. The molecule has 72 valence electrons. The molecule has 1 aromatic rings. The predicted octanol–water partition coefficient (Wildman–Crippen LogP) is 2.26. The average molecular weight is 188 g/mol. The van der Waals surface area contributed by atoms with Gasteiger partial charge in [-0.3, -0.25) is 0 Å². The fourth-order valence-electron chi connectivity index (χ4n) is 0.906. The van der Waals surface area contributed by atoms with Crippen molar-refractivity contribution in [2.45, 2.75) is 6.92 Å². The zero-order chi connectivity index (χ0) is 9.84. The van der Waals surface area contributed by atoms with Gasteiger partial charge in [0.15, 0.2) is 18.4 Å². The number of benzene rings is 1. The molecule has 0 atom stereocenters. The maximum absolute atomic E-state index is 12.7. The summed E-state index contributed by atoms with van der Waals surface area (Å²) >= 11 is 0. The fraction of sp³-hybridized carbons (Fsp3) is 0.333. The van der Waals surface area contributed by atoms with Crippen molar-refractivity contribution in [3.05, 3.63) is 29.3 Å². The molecule has 0 unspecified atom stereocenters. The summed E-state index contributed by atoms with van der Waals surface area (Å²) in [4.78, 5) is 0. The van der Waals surface area contributed by atoms with Crippen LogP contribution in [0.3, 0.4) is 0 Å². The average Bonchev–Trinajstić information content (AvgIpc) is 2.09. The Kier molecular flexibility index (Phi) is 3.19. The third-order valence-corrected chi connectivity index (χ3v) is 1.55. The van der Waals surface area contributed by atoms with E-state index in [2.05, 4.69) is 4.74 Å². The van der Waals surface area contributed by atoms with Gasteiger partial charge in [0, 0.05) is 13.2 Å². The van der Waals surface area contributed by atoms with E-state index in [1.165, 1.54) is 7.11 Å². The molecule has 0 aliphatic carbocycles. The molecule has 0 saturated heterocycles. The maximum Gasteiger partial charge on any atom is 0.188 e. The summed E-state index contributed by atoms with van der Waals surface area (Å²) in [5.41, 5.74) is 0.538. The number of halogens is 2. The summed E-state index contributed by atoms with van der Waals surface area (Å²) in [6.07, 6.45) is 0. The van der Waals surface area contributed by atoms with Gasteiger partial charge in [0.25, 0.3) is 0 Å². The summed E-state index contributed by atoms with van der Waals surface area (Å²) in [5, 5.41) is 0. The summed E-state index contributed by atoms with van der Waals surface area (Å²) in [6.45, 7) is 1.65. The van der Waals surface area contributed by atoms with Crippen molar-refractivity contribution < 1.29 is 18.3 Å². The second-order valence-electron chi connectivity index (χ2n) is 2.58. The molecule has 0 saturated carbocycles. The Morgan fingerprint density at radius 1 is 1.23 bits per heavy atom. The van der Waals surface area contributed by atoms with Gasteiger partial charge in [-0.1, -0.05) is 0 Å². The lowest BCUT2D eigenvalue weighted by Gasteiger charge is -2.07. The molecule has 1 aromatic carbocycles. The summed E-state index contributed by atoms with van der Waals surface area (Å²) < 4.78 is 34.9. The van der Waals surface area contributed by atoms with Gasteiger partial charge in [0.1, 0.15) is 5.75 Å². The number of hydrogen-bond acceptors (Lipinski definition) is 2. The molecular weight excluding hydrogens is 178 g/mol. The van der Waals surface area contributed by atoms with E-state index < -0.39 is 11.6 Å². The Morgan fingerprint density at radius 2 is 1.85 bits per heavy atom. The highest BCUT2D eigenvalue weighted by molar-refractivity contribution is 5.33. The highest BCUT2D eigenvalue weighted by Crippen LogP contribution is 2.21. The minimum atomic E-state index is -0.920. The van der Waals surface area contributed by atoms with E-state index in [1.54, 1.807) is 6.92 Å². The van der Waals surface area contributed by atoms with Crippen LogP contribution in [-0.4, -0.2) is 13.9 Å². The quantitative estimate of drug-likeness (QED) is 0.677. The van der Waals surface area contributed by atoms with E-state index in [4.69, 9.17) is 4.74 Å². The van der Waals surface area contributed by atoms with Gasteiger partial charge < -0.3 is 9.47 Å². The van der Waals surface area contributed by atoms with Crippen LogP contribution in [0.1, 0.15) is 5.56 Å². The summed E-state index contributed by atoms with van der Waals surface area (Å²) in [7, 11) is 1.45. The van der Waals surface area contributed by atoms with E-state index in [9.17, 15) is 8.78 Å². The van der Waals surface area contributed by atoms with Gasteiger partial charge >= 0.3 is 0 Å². The number of hydrogen-bond donors (Lipinski definition) is 0. The van der Waals surface area contributed by atoms with E-state index in [-0.39, 0.29) is 6.79 Å². The second kappa shape index (κ2) is 4.18. The highest BCUT2D eigenvalue weighted by Gasteiger charge is 2.07. The molecule has 13 heavy (non-hydrogen) atoms. The molecule has 4 heteroatoms. The molecule has 0 aromatic heterocycles. The van der Waals surface area contributed by atoms with Crippen LogP contribution < -0.4 is 4.74 Å². The second-order valence-corrected chi connectivity index (χ2v) is 2.58. The van der Waals surface area contributed by atoms with Crippen LogP contribution in [0, 0.1) is 18.6 Å². The summed E-state index contributed by atoms with van der Waals surface area (Å²) in [6, 6.07) is 2.09. The molecule has 0 fully saturated rings. The first-order valence-electron chi connectivity index (χ1n) is 3.72. The van der Waals surface area contributed by atoms with Gasteiger partial charge in [0.2, 0.25) is 0 Å². The molecule has 0 spiro atoms. The van der Waals surface area contributed by atoms with E-state index >= 15 is 0 Å². The standard InChI is InChI=1S/C9H10F2O2/c1-6-3-7(10)8(11)4-9(6)13-5-12-2/h3-4H,5H2,1-2H3. The van der Waals surface area contributed by atoms with Crippen molar-refractivity contribution in [3.8, 4) is 5.75 Å². The van der Waals surface area contributed by atoms with Crippen LogP contribution in [0.15, 0.2) is 12.1 Å². The molecule has 0 aliphatic heterocycles. The third kappa shape index (κ3) is 2.39. The Labute approximate surface area is 75.1 Å². The predicted molar refractivity (Wildman–Crippen MR) is 43.6 cm³/mol. The van der Waals surface area contributed by atoms with Crippen LogP contribution in [0.2, 0.25) is 0 Å². The van der Waals surface area contributed by atoms with E-state index in [1.807, 2.05) is 0 Å². The lowest BCUT2D eigenvalue weighted by Crippen LogP contribution is -2.01. The minimum Gasteiger partial charge on any atom is -0.467 e. The number of methoxy groups -OCH3 is 1. The van der Waals surface area contributed by atoms with Crippen molar-refractivity contribution in [1.82, 2.24) is 0 Å². The minimum absolute atomic E-state index is 0.0198. The largest absolute Gasteiger partial charge is 0.467 e. The lowest BCUT2D eigenvalue weighted by molar-refractivity contribution is 0.0503. The van der Waals surface area contributed by atoms with Gasteiger partial charge in [-0.2, -0.15) is 0 Å². The van der Waals surface area contributed by atoms with Gasteiger partial charge in [-0.15, -0.1) is 0 Å². The van der Waals surface area contributed by atoms with Gasteiger partial charge in [-0.25, -0.2) is 8.78 Å². The van der Waals surface area contributed by atoms with Crippen molar-refractivity contribution in [2.75, 3.05) is 13.9 Å². The van der Waals surface area contributed by atoms with Crippen molar-refractivity contribution in [3.63, 3.8) is 0 Å². The highest BCUT2D eigenvalue weighted by atomic mass is 19.2. The first kappa shape index (κ1) is 9.92. The fourth-order valence-corrected chi connectivity index (χ4v) is 0.906. The molecule has 0 aliphatic rings. The molecule has 1 rings (SSSR count). The van der Waals surface area contributed by atoms with E-state index in [0.717, 1.165) is 12.1 Å². The molecule has 0 heterocycles. The van der Waals surface area contributed by atoms with Crippen molar-refractivity contribution in [2.24, 2.45) is 0 Å². The van der Waals surface area contributed by atoms with Crippen LogP contribution in [0.5, 0.6) is 5.75 Å². The first-order chi connectivity index (χ1) is 6.15. The van der Waals surface area contributed by atoms with E-state index in [0.29, 0.717) is 11.3 Å².